The van der Waals surface area contributed by atoms with Crippen LogP contribution in [0.15, 0.2) is 61.2 Å². The third-order valence-electron chi connectivity index (χ3n) is 5.11. The summed E-state index contributed by atoms with van der Waals surface area (Å²) < 4.78 is 7.22. The molecule has 7 heteroatoms. The Balaban J connectivity index is 1.43. The van der Waals surface area contributed by atoms with Gasteiger partial charge in [-0.1, -0.05) is 30.3 Å². The average Bonchev–Trinajstić information content (AvgIpc) is 3.28. The standard InChI is InChI=1S/C22H25N5O2/c1-25(15-20-4-2-3-5-21(20)26-10-12-29-13-11-26)22(28)19-8-6-18(7-9-19)14-27-17-23-16-24-27/h2-9,16-17H,10-15H2,1H3. The number of hydrogen-bond donors (Lipinski definition) is 0. The van der Waals surface area contributed by atoms with Crippen molar-refractivity contribution in [2.45, 2.75) is 13.1 Å². The maximum Gasteiger partial charge on any atom is 0.253 e. The van der Waals surface area contributed by atoms with Crippen molar-refractivity contribution < 1.29 is 9.53 Å². The Kier molecular flexibility index (Phi) is 5.86. The number of nitrogens with zero attached hydrogens (tertiary/aromatic N) is 5. The zero-order chi connectivity index (χ0) is 20.1. The zero-order valence-electron chi connectivity index (χ0n) is 16.6. The van der Waals surface area contributed by atoms with Crippen LogP contribution in [0.25, 0.3) is 0 Å². The van der Waals surface area contributed by atoms with E-state index in [1.54, 1.807) is 15.9 Å². The van der Waals surface area contributed by atoms with E-state index < -0.39 is 0 Å². The Morgan fingerprint density at radius 3 is 2.59 bits per heavy atom. The number of carbonyl (C=O) groups excluding carboxylic acids is 1. The van der Waals surface area contributed by atoms with E-state index in [-0.39, 0.29) is 5.91 Å². The van der Waals surface area contributed by atoms with E-state index in [0.29, 0.717) is 18.7 Å². The van der Waals surface area contributed by atoms with Crippen molar-refractivity contribution in [2.75, 3.05) is 38.3 Å². The van der Waals surface area contributed by atoms with Crippen molar-refractivity contribution in [1.82, 2.24) is 19.7 Å². The van der Waals surface area contributed by atoms with Crippen molar-refractivity contribution in [3.8, 4) is 0 Å². The molecule has 0 saturated carbocycles. The molecule has 3 aromatic rings. The molecule has 2 heterocycles. The van der Waals surface area contributed by atoms with E-state index in [1.807, 2.05) is 43.4 Å². The third kappa shape index (κ3) is 4.63. The van der Waals surface area contributed by atoms with E-state index in [0.717, 1.165) is 37.4 Å². The Morgan fingerprint density at radius 2 is 1.86 bits per heavy atom. The molecule has 2 aromatic carbocycles. The van der Waals surface area contributed by atoms with Crippen LogP contribution in [0.5, 0.6) is 0 Å². The van der Waals surface area contributed by atoms with Gasteiger partial charge in [-0.05, 0) is 29.3 Å². The van der Waals surface area contributed by atoms with Crippen LogP contribution < -0.4 is 4.90 Å². The maximum atomic E-state index is 12.9. The minimum absolute atomic E-state index is 0.00841. The zero-order valence-corrected chi connectivity index (χ0v) is 16.6. The van der Waals surface area contributed by atoms with Crippen LogP contribution in [0, 0.1) is 0 Å². The molecule has 1 amide bonds. The van der Waals surface area contributed by atoms with Gasteiger partial charge in [0.05, 0.1) is 19.8 Å². The van der Waals surface area contributed by atoms with Gasteiger partial charge in [-0.3, -0.25) is 4.79 Å². The average molecular weight is 391 g/mol. The van der Waals surface area contributed by atoms with E-state index in [2.05, 4.69) is 27.1 Å². The first kappa shape index (κ1) is 19.1. The van der Waals surface area contributed by atoms with Crippen molar-refractivity contribution in [3.63, 3.8) is 0 Å². The van der Waals surface area contributed by atoms with Gasteiger partial charge in [-0.2, -0.15) is 5.10 Å². The molecule has 0 N–H and O–H groups in total. The molecule has 0 aliphatic carbocycles. The third-order valence-corrected chi connectivity index (χ3v) is 5.11. The molecule has 1 aliphatic heterocycles. The van der Waals surface area contributed by atoms with Gasteiger partial charge in [0.15, 0.2) is 0 Å². The van der Waals surface area contributed by atoms with Gasteiger partial charge in [0, 0.05) is 37.9 Å². The highest BCUT2D eigenvalue weighted by atomic mass is 16.5. The number of amides is 1. The lowest BCUT2D eigenvalue weighted by Gasteiger charge is -2.31. The first-order valence-electron chi connectivity index (χ1n) is 9.78. The lowest BCUT2D eigenvalue weighted by molar-refractivity contribution is 0.0785. The normalized spacial score (nSPS) is 14.0. The molecule has 0 spiro atoms. The molecule has 1 aliphatic rings. The second kappa shape index (κ2) is 8.87. The second-order valence-electron chi connectivity index (χ2n) is 7.18. The van der Waals surface area contributed by atoms with Crippen LogP contribution in [-0.4, -0.2) is 58.9 Å². The molecule has 0 radical (unpaired) electrons. The van der Waals surface area contributed by atoms with Crippen LogP contribution in [-0.2, 0) is 17.8 Å². The monoisotopic (exact) mass is 391 g/mol. The number of rotatable bonds is 6. The first-order valence-corrected chi connectivity index (χ1v) is 9.78. The number of benzene rings is 2. The second-order valence-corrected chi connectivity index (χ2v) is 7.18. The Morgan fingerprint density at radius 1 is 1.10 bits per heavy atom. The van der Waals surface area contributed by atoms with E-state index >= 15 is 0 Å². The highest BCUT2D eigenvalue weighted by molar-refractivity contribution is 5.94. The van der Waals surface area contributed by atoms with Gasteiger partial charge in [0.25, 0.3) is 5.91 Å². The first-order chi connectivity index (χ1) is 14.2. The summed E-state index contributed by atoms with van der Waals surface area (Å²) in [7, 11) is 1.85. The Labute approximate surface area is 170 Å². The molecule has 1 fully saturated rings. The molecular weight excluding hydrogens is 366 g/mol. The number of morpholine rings is 1. The predicted molar refractivity (Wildman–Crippen MR) is 111 cm³/mol. The smallest absolute Gasteiger partial charge is 0.253 e. The number of aromatic nitrogens is 3. The van der Waals surface area contributed by atoms with Gasteiger partial charge >= 0.3 is 0 Å². The van der Waals surface area contributed by atoms with E-state index in [1.165, 1.54) is 12.0 Å². The number of anilines is 1. The molecule has 4 rings (SSSR count). The van der Waals surface area contributed by atoms with Gasteiger partial charge < -0.3 is 14.5 Å². The van der Waals surface area contributed by atoms with Crippen LogP contribution in [0.4, 0.5) is 5.69 Å². The van der Waals surface area contributed by atoms with E-state index in [9.17, 15) is 4.79 Å². The molecular formula is C22H25N5O2. The van der Waals surface area contributed by atoms with Crippen molar-refractivity contribution in [2.24, 2.45) is 0 Å². The largest absolute Gasteiger partial charge is 0.378 e. The van der Waals surface area contributed by atoms with Gasteiger partial charge in [0.2, 0.25) is 0 Å². The minimum atomic E-state index is 0.00841. The summed E-state index contributed by atoms with van der Waals surface area (Å²) >= 11 is 0. The highest BCUT2D eigenvalue weighted by Gasteiger charge is 2.18. The topological polar surface area (TPSA) is 63.5 Å². The van der Waals surface area contributed by atoms with Gasteiger partial charge in [0.1, 0.15) is 12.7 Å². The fraction of sp³-hybridized carbons (Fsp3) is 0.318. The summed E-state index contributed by atoms with van der Waals surface area (Å²) in [5, 5.41) is 4.11. The molecule has 0 bridgehead atoms. The molecule has 150 valence electrons. The summed E-state index contributed by atoms with van der Waals surface area (Å²) in [5.41, 5.74) is 4.08. The fourth-order valence-electron chi connectivity index (χ4n) is 3.56. The SMILES string of the molecule is CN(Cc1ccccc1N1CCOCC1)C(=O)c1ccc(Cn2cncn2)cc1. The van der Waals surface area contributed by atoms with Crippen molar-refractivity contribution >= 4 is 11.6 Å². The van der Waals surface area contributed by atoms with Gasteiger partial charge in [-0.15, -0.1) is 0 Å². The number of carbonyl (C=O) groups is 1. The Hall–Kier alpha value is -3.19. The molecule has 1 aromatic heterocycles. The molecule has 1 saturated heterocycles. The van der Waals surface area contributed by atoms with Crippen LogP contribution in [0.1, 0.15) is 21.5 Å². The summed E-state index contributed by atoms with van der Waals surface area (Å²) in [6.07, 6.45) is 3.19. The maximum absolute atomic E-state index is 12.9. The Bertz CT molecular complexity index is 934. The summed E-state index contributed by atoms with van der Waals surface area (Å²) in [6, 6.07) is 16.0. The summed E-state index contributed by atoms with van der Waals surface area (Å²) in [4.78, 5) is 21.0. The number of hydrogen-bond acceptors (Lipinski definition) is 5. The van der Waals surface area contributed by atoms with Gasteiger partial charge in [-0.25, -0.2) is 9.67 Å². The van der Waals surface area contributed by atoms with Crippen molar-refractivity contribution in [1.29, 1.82) is 0 Å². The number of ether oxygens (including phenoxy) is 1. The summed E-state index contributed by atoms with van der Waals surface area (Å²) in [5.74, 6) is 0.00841. The molecule has 29 heavy (non-hydrogen) atoms. The quantitative estimate of drug-likeness (QED) is 0.646. The van der Waals surface area contributed by atoms with Crippen molar-refractivity contribution in [3.05, 3.63) is 77.9 Å². The lowest BCUT2D eigenvalue weighted by atomic mass is 10.1. The predicted octanol–water partition coefficient (Wildman–Crippen LogP) is 2.44. The van der Waals surface area contributed by atoms with Crippen LogP contribution in [0.2, 0.25) is 0 Å². The summed E-state index contributed by atoms with van der Waals surface area (Å²) in [6.45, 7) is 4.43. The van der Waals surface area contributed by atoms with E-state index in [4.69, 9.17) is 4.74 Å². The minimum Gasteiger partial charge on any atom is -0.378 e. The number of para-hydroxylation sites is 1. The van der Waals surface area contributed by atoms with Crippen LogP contribution in [0.3, 0.4) is 0 Å². The molecule has 0 unspecified atom stereocenters. The van der Waals surface area contributed by atoms with Crippen LogP contribution >= 0.6 is 0 Å². The molecule has 0 atom stereocenters. The fourth-order valence-corrected chi connectivity index (χ4v) is 3.56. The molecule has 7 nitrogen and oxygen atoms in total. The lowest BCUT2D eigenvalue weighted by Crippen LogP contribution is -2.37. The highest BCUT2D eigenvalue weighted by Crippen LogP contribution is 2.23.